The summed E-state index contributed by atoms with van der Waals surface area (Å²) in [5.41, 5.74) is 0.0306. The van der Waals surface area contributed by atoms with E-state index in [-0.39, 0.29) is 22.3 Å². The highest BCUT2D eigenvalue weighted by Gasteiger charge is 2.18. The van der Waals surface area contributed by atoms with Crippen LogP contribution in [0, 0.1) is 0 Å². The predicted molar refractivity (Wildman–Crippen MR) is 70.2 cm³/mol. The second-order valence-electron chi connectivity index (χ2n) is 4.07. The molecule has 0 aromatic heterocycles. The van der Waals surface area contributed by atoms with Gasteiger partial charge in [-0.3, -0.25) is 4.79 Å². The summed E-state index contributed by atoms with van der Waals surface area (Å²) in [7, 11) is 0. The van der Waals surface area contributed by atoms with Gasteiger partial charge in [0.2, 0.25) is 0 Å². The number of ketones is 1. The van der Waals surface area contributed by atoms with E-state index in [0.29, 0.717) is 0 Å². The molecule has 2 aromatic rings. The van der Waals surface area contributed by atoms with Crippen molar-refractivity contribution in [3.63, 3.8) is 0 Å². The van der Waals surface area contributed by atoms with Gasteiger partial charge in [0.25, 0.3) is 0 Å². The van der Waals surface area contributed by atoms with E-state index < -0.39 is 17.7 Å². The molecule has 0 amide bonds. The maximum Gasteiger partial charge on any atom is 0.336 e. The molecule has 0 aliphatic rings. The zero-order chi connectivity index (χ0) is 14.7. The Morgan fingerprint density at radius 1 is 0.700 bits per heavy atom. The molecule has 5 heteroatoms. The van der Waals surface area contributed by atoms with Crippen LogP contribution in [0.1, 0.15) is 36.6 Å². The van der Waals surface area contributed by atoms with E-state index >= 15 is 0 Å². The molecule has 0 atom stereocenters. The van der Waals surface area contributed by atoms with Gasteiger partial charge in [0.05, 0.1) is 11.1 Å². The van der Waals surface area contributed by atoms with Crippen molar-refractivity contribution in [2.45, 2.75) is 0 Å². The lowest BCUT2D eigenvalue weighted by molar-refractivity contribution is 0.0684. The van der Waals surface area contributed by atoms with Crippen LogP contribution in [0.15, 0.2) is 48.5 Å². The highest BCUT2D eigenvalue weighted by Crippen LogP contribution is 2.16. The van der Waals surface area contributed by atoms with E-state index in [1.54, 1.807) is 6.07 Å². The van der Waals surface area contributed by atoms with Crippen LogP contribution in [0.5, 0.6) is 0 Å². The Hall–Kier alpha value is -2.95. The van der Waals surface area contributed by atoms with Crippen molar-refractivity contribution in [2.24, 2.45) is 0 Å². The van der Waals surface area contributed by atoms with Crippen LogP contribution in [-0.4, -0.2) is 27.9 Å². The fourth-order valence-electron chi connectivity index (χ4n) is 1.82. The SMILES string of the molecule is O=C(O)c1cccc(C(=O)c2ccccc2C(=O)O)c1. The average Bonchev–Trinajstić information content (AvgIpc) is 2.46. The number of hydrogen-bond acceptors (Lipinski definition) is 3. The van der Waals surface area contributed by atoms with Gasteiger partial charge in [-0.1, -0.05) is 30.3 Å². The van der Waals surface area contributed by atoms with Gasteiger partial charge in [-0.05, 0) is 18.2 Å². The number of hydrogen-bond donors (Lipinski definition) is 2. The normalized spacial score (nSPS) is 10.0. The Kier molecular flexibility index (Phi) is 3.61. The molecule has 0 bridgehead atoms. The molecule has 2 aromatic carbocycles. The Morgan fingerprint density at radius 2 is 1.30 bits per heavy atom. The molecule has 2 rings (SSSR count). The molecule has 0 saturated carbocycles. The van der Waals surface area contributed by atoms with Crippen molar-refractivity contribution in [1.82, 2.24) is 0 Å². The van der Waals surface area contributed by atoms with Gasteiger partial charge < -0.3 is 10.2 Å². The lowest BCUT2D eigenvalue weighted by Crippen LogP contribution is -2.10. The van der Waals surface area contributed by atoms with Crippen LogP contribution < -0.4 is 0 Å². The molecule has 0 aliphatic carbocycles. The first-order chi connectivity index (χ1) is 9.50. The van der Waals surface area contributed by atoms with Gasteiger partial charge in [0.1, 0.15) is 0 Å². The van der Waals surface area contributed by atoms with Crippen LogP contribution >= 0.6 is 0 Å². The Morgan fingerprint density at radius 3 is 1.90 bits per heavy atom. The van der Waals surface area contributed by atoms with Crippen LogP contribution in [0.3, 0.4) is 0 Å². The molecular formula is C15H10O5. The summed E-state index contributed by atoms with van der Waals surface area (Å²) in [6.07, 6.45) is 0. The lowest BCUT2D eigenvalue weighted by atomic mass is 9.97. The van der Waals surface area contributed by atoms with E-state index in [4.69, 9.17) is 10.2 Å². The molecule has 0 heterocycles. The first-order valence-corrected chi connectivity index (χ1v) is 5.71. The van der Waals surface area contributed by atoms with Crippen LogP contribution in [-0.2, 0) is 0 Å². The van der Waals surface area contributed by atoms with Gasteiger partial charge in [0.15, 0.2) is 5.78 Å². The van der Waals surface area contributed by atoms with Crippen molar-refractivity contribution in [2.75, 3.05) is 0 Å². The highest BCUT2D eigenvalue weighted by molar-refractivity contribution is 6.14. The third kappa shape index (κ3) is 2.56. The molecule has 0 spiro atoms. The summed E-state index contributed by atoms with van der Waals surface area (Å²) < 4.78 is 0. The summed E-state index contributed by atoms with van der Waals surface area (Å²) >= 11 is 0. The maximum absolute atomic E-state index is 12.3. The number of aromatic carboxylic acids is 2. The minimum absolute atomic E-state index is 0.0244. The summed E-state index contributed by atoms with van der Waals surface area (Å²) in [4.78, 5) is 34.3. The molecular weight excluding hydrogens is 260 g/mol. The minimum Gasteiger partial charge on any atom is -0.478 e. The molecule has 0 unspecified atom stereocenters. The summed E-state index contributed by atoms with van der Waals surface area (Å²) in [6.45, 7) is 0. The zero-order valence-electron chi connectivity index (χ0n) is 10.2. The number of carboxylic acid groups (broad SMARTS) is 2. The zero-order valence-corrected chi connectivity index (χ0v) is 10.2. The van der Waals surface area contributed by atoms with Crippen molar-refractivity contribution < 1.29 is 24.6 Å². The molecule has 5 nitrogen and oxygen atoms in total. The van der Waals surface area contributed by atoms with E-state index in [1.807, 2.05) is 0 Å². The standard InChI is InChI=1S/C15H10O5/c16-13(9-4-3-5-10(8-9)14(17)18)11-6-1-2-7-12(11)15(19)20/h1-8H,(H,17,18)(H,19,20). The van der Waals surface area contributed by atoms with Gasteiger partial charge >= 0.3 is 11.9 Å². The molecule has 2 N–H and O–H groups in total. The first-order valence-electron chi connectivity index (χ1n) is 5.71. The quantitative estimate of drug-likeness (QED) is 0.832. The lowest BCUT2D eigenvalue weighted by Gasteiger charge is -2.05. The Balaban J connectivity index is 2.49. The van der Waals surface area contributed by atoms with Gasteiger partial charge in [-0.2, -0.15) is 0 Å². The first kappa shape index (κ1) is 13.5. The molecule has 100 valence electrons. The Bertz CT molecular complexity index is 703. The number of benzene rings is 2. The van der Waals surface area contributed by atoms with Crippen molar-refractivity contribution in [3.8, 4) is 0 Å². The van der Waals surface area contributed by atoms with E-state index in [2.05, 4.69) is 0 Å². The number of carbonyl (C=O) groups is 3. The molecule has 0 radical (unpaired) electrons. The monoisotopic (exact) mass is 270 g/mol. The van der Waals surface area contributed by atoms with Gasteiger partial charge in [0, 0.05) is 11.1 Å². The molecule has 0 aliphatic heterocycles. The van der Waals surface area contributed by atoms with Gasteiger partial charge in [-0.15, -0.1) is 0 Å². The number of carboxylic acids is 2. The van der Waals surface area contributed by atoms with E-state index in [9.17, 15) is 14.4 Å². The Labute approximate surface area is 114 Å². The van der Waals surface area contributed by atoms with Gasteiger partial charge in [-0.25, -0.2) is 9.59 Å². The second-order valence-corrected chi connectivity index (χ2v) is 4.07. The topological polar surface area (TPSA) is 91.7 Å². The third-order valence-corrected chi connectivity index (χ3v) is 2.77. The fraction of sp³-hybridized carbons (Fsp3) is 0. The maximum atomic E-state index is 12.3. The highest BCUT2D eigenvalue weighted by atomic mass is 16.4. The summed E-state index contributed by atoms with van der Waals surface area (Å²) in [5, 5.41) is 18.0. The molecule has 20 heavy (non-hydrogen) atoms. The van der Waals surface area contributed by atoms with Crippen molar-refractivity contribution >= 4 is 17.7 Å². The third-order valence-electron chi connectivity index (χ3n) is 2.77. The summed E-state index contributed by atoms with van der Waals surface area (Å²) in [5.74, 6) is -2.87. The van der Waals surface area contributed by atoms with Crippen LogP contribution in [0.2, 0.25) is 0 Å². The molecule has 0 saturated heterocycles. The fourth-order valence-corrected chi connectivity index (χ4v) is 1.82. The van der Waals surface area contributed by atoms with E-state index in [0.717, 1.165) is 0 Å². The van der Waals surface area contributed by atoms with Crippen LogP contribution in [0.4, 0.5) is 0 Å². The number of rotatable bonds is 4. The summed E-state index contributed by atoms with van der Waals surface area (Å²) in [6, 6.07) is 11.3. The minimum atomic E-state index is -1.21. The van der Waals surface area contributed by atoms with Crippen molar-refractivity contribution in [1.29, 1.82) is 0 Å². The second kappa shape index (κ2) is 5.36. The predicted octanol–water partition coefficient (Wildman–Crippen LogP) is 2.31. The number of carbonyl (C=O) groups excluding carboxylic acids is 1. The average molecular weight is 270 g/mol. The van der Waals surface area contributed by atoms with Crippen molar-refractivity contribution in [3.05, 3.63) is 70.8 Å². The molecule has 0 fully saturated rings. The smallest absolute Gasteiger partial charge is 0.336 e. The van der Waals surface area contributed by atoms with E-state index in [1.165, 1.54) is 42.5 Å². The largest absolute Gasteiger partial charge is 0.478 e. The van der Waals surface area contributed by atoms with Crippen LogP contribution in [0.25, 0.3) is 0 Å².